The first-order valence-electron chi connectivity index (χ1n) is 6.56. The maximum absolute atomic E-state index is 3.48. The minimum Gasteiger partial charge on any atom is -0.310 e. The average molecular weight is 237 g/mol. The Morgan fingerprint density at radius 1 is 1.31 bits per heavy atom. The molecule has 2 heteroatoms. The molecule has 1 aromatic rings. The minimum absolute atomic E-state index is 0.582. The lowest BCUT2D eigenvalue weighted by molar-refractivity contribution is 0.448. The second-order valence-electron chi connectivity index (χ2n) is 5.23. The van der Waals surface area contributed by atoms with Crippen LogP contribution in [0, 0.1) is 0 Å². The summed E-state index contributed by atoms with van der Waals surface area (Å²) in [5, 5.41) is 5.82. The van der Waals surface area contributed by atoms with E-state index in [1.165, 1.54) is 37.7 Å². The topological polar surface area (TPSA) is 12.0 Å². The zero-order chi connectivity index (χ0) is 11.4. The molecule has 1 heterocycles. The van der Waals surface area contributed by atoms with Crippen LogP contribution in [0.1, 0.15) is 62.3 Å². The first-order chi connectivity index (χ1) is 7.75. The van der Waals surface area contributed by atoms with Crippen molar-refractivity contribution < 1.29 is 0 Å². The first kappa shape index (κ1) is 12.1. The molecule has 1 saturated carbocycles. The van der Waals surface area contributed by atoms with Gasteiger partial charge in [-0.3, -0.25) is 0 Å². The largest absolute Gasteiger partial charge is 0.310 e. The Bertz CT molecular complexity index is 310. The molecule has 0 unspecified atom stereocenters. The Labute approximate surface area is 103 Å². The zero-order valence-electron chi connectivity index (χ0n) is 10.5. The summed E-state index contributed by atoms with van der Waals surface area (Å²) in [6.07, 6.45) is 7.14. The molecule has 0 saturated heterocycles. The summed E-state index contributed by atoms with van der Waals surface area (Å²) in [4.78, 5) is 1.63. The van der Waals surface area contributed by atoms with Gasteiger partial charge in [0.05, 0.1) is 0 Å². The minimum atomic E-state index is 0.582. The van der Waals surface area contributed by atoms with Crippen LogP contribution in [0.5, 0.6) is 0 Å². The molecule has 0 aliphatic heterocycles. The van der Waals surface area contributed by atoms with Crippen molar-refractivity contribution in [3.8, 4) is 0 Å². The standard InChI is InChI=1S/C14H23NS/c1-11(2)15-9-12-8-14(16-10-12)13-6-4-3-5-7-13/h8,10-11,13,15H,3-7,9H2,1-2H3. The second kappa shape index (κ2) is 5.83. The van der Waals surface area contributed by atoms with E-state index in [9.17, 15) is 0 Å². The lowest BCUT2D eigenvalue weighted by Crippen LogP contribution is -2.21. The summed E-state index contributed by atoms with van der Waals surface area (Å²) in [6, 6.07) is 3.01. The van der Waals surface area contributed by atoms with Crippen molar-refractivity contribution >= 4 is 11.3 Å². The Hall–Kier alpha value is -0.340. The fraction of sp³-hybridized carbons (Fsp3) is 0.714. The number of hydrogen-bond acceptors (Lipinski definition) is 2. The van der Waals surface area contributed by atoms with Gasteiger partial charge in [-0.15, -0.1) is 11.3 Å². The monoisotopic (exact) mass is 237 g/mol. The number of nitrogens with one attached hydrogen (secondary N) is 1. The van der Waals surface area contributed by atoms with Gasteiger partial charge in [0.1, 0.15) is 0 Å². The molecule has 0 atom stereocenters. The van der Waals surface area contributed by atoms with Gasteiger partial charge in [-0.1, -0.05) is 33.1 Å². The van der Waals surface area contributed by atoms with Gasteiger partial charge in [-0.25, -0.2) is 0 Å². The molecule has 1 fully saturated rings. The highest BCUT2D eigenvalue weighted by molar-refractivity contribution is 7.10. The summed E-state index contributed by atoms with van der Waals surface area (Å²) in [5.41, 5.74) is 1.47. The summed E-state index contributed by atoms with van der Waals surface area (Å²) in [6.45, 7) is 5.43. The van der Waals surface area contributed by atoms with Crippen LogP contribution >= 0.6 is 11.3 Å². The van der Waals surface area contributed by atoms with Gasteiger partial charge < -0.3 is 5.32 Å². The molecule has 0 radical (unpaired) electrons. The third-order valence-electron chi connectivity index (χ3n) is 3.40. The van der Waals surface area contributed by atoms with Crippen molar-refractivity contribution in [3.63, 3.8) is 0 Å². The summed E-state index contributed by atoms with van der Waals surface area (Å²) in [5.74, 6) is 0.867. The second-order valence-corrected chi connectivity index (χ2v) is 6.17. The van der Waals surface area contributed by atoms with Crippen LogP contribution in [0.25, 0.3) is 0 Å². The van der Waals surface area contributed by atoms with Gasteiger partial charge in [0, 0.05) is 17.5 Å². The van der Waals surface area contributed by atoms with Gasteiger partial charge in [-0.05, 0) is 35.8 Å². The van der Waals surface area contributed by atoms with Crippen molar-refractivity contribution in [3.05, 3.63) is 21.9 Å². The van der Waals surface area contributed by atoms with Crippen LogP contribution in [0.2, 0.25) is 0 Å². The molecular formula is C14H23NS. The van der Waals surface area contributed by atoms with E-state index < -0.39 is 0 Å². The summed E-state index contributed by atoms with van der Waals surface area (Å²) >= 11 is 1.97. The number of thiophene rings is 1. The molecule has 1 aliphatic carbocycles. The van der Waals surface area contributed by atoms with E-state index in [1.807, 2.05) is 11.3 Å². The normalized spacial score (nSPS) is 18.2. The Kier molecular flexibility index (Phi) is 4.42. The van der Waals surface area contributed by atoms with Crippen LogP contribution in [0.3, 0.4) is 0 Å². The van der Waals surface area contributed by atoms with E-state index in [4.69, 9.17) is 0 Å². The Balaban J connectivity index is 1.90. The summed E-state index contributed by atoms with van der Waals surface area (Å²) in [7, 11) is 0. The van der Waals surface area contributed by atoms with Crippen molar-refractivity contribution in [1.82, 2.24) is 5.32 Å². The van der Waals surface area contributed by atoms with Gasteiger partial charge >= 0.3 is 0 Å². The van der Waals surface area contributed by atoms with E-state index in [0.29, 0.717) is 6.04 Å². The maximum atomic E-state index is 3.48. The average Bonchev–Trinajstić information content (AvgIpc) is 2.76. The highest BCUT2D eigenvalue weighted by Gasteiger charge is 2.16. The highest BCUT2D eigenvalue weighted by atomic mass is 32.1. The van der Waals surface area contributed by atoms with Crippen LogP contribution in [-0.2, 0) is 6.54 Å². The predicted molar refractivity (Wildman–Crippen MR) is 72.1 cm³/mol. The predicted octanol–water partition coefficient (Wildman–Crippen LogP) is 4.29. The van der Waals surface area contributed by atoms with Crippen molar-refractivity contribution in [1.29, 1.82) is 0 Å². The van der Waals surface area contributed by atoms with E-state index in [-0.39, 0.29) is 0 Å². The Morgan fingerprint density at radius 2 is 2.06 bits per heavy atom. The molecule has 16 heavy (non-hydrogen) atoms. The molecule has 90 valence electrons. The van der Waals surface area contributed by atoms with E-state index in [0.717, 1.165) is 12.5 Å². The van der Waals surface area contributed by atoms with Crippen molar-refractivity contribution in [2.45, 2.75) is 64.5 Å². The molecule has 0 spiro atoms. The molecule has 0 bridgehead atoms. The van der Waals surface area contributed by atoms with Gasteiger partial charge in [0.15, 0.2) is 0 Å². The number of hydrogen-bond donors (Lipinski definition) is 1. The Morgan fingerprint density at radius 3 is 2.75 bits per heavy atom. The van der Waals surface area contributed by atoms with E-state index >= 15 is 0 Å². The van der Waals surface area contributed by atoms with Gasteiger partial charge in [0.2, 0.25) is 0 Å². The third-order valence-corrected chi connectivity index (χ3v) is 4.54. The van der Waals surface area contributed by atoms with Crippen LogP contribution in [0.4, 0.5) is 0 Å². The first-order valence-corrected chi connectivity index (χ1v) is 7.44. The quantitative estimate of drug-likeness (QED) is 0.823. The lowest BCUT2D eigenvalue weighted by atomic mass is 9.88. The molecule has 2 rings (SSSR count). The SMILES string of the molecule is CC(C)NCc1csc(C2CCCCC2)c1. The van der Waals surface area contributed by atoms with Crippen LogP contribution in [0.15, 0.2) is 11.4 Å². The molecule has 1 nitrogen and oxygen atoms in total. The zero-order valence-corrected chi connectivity index (χ0v) is 11.3. The van der Waals surface area contributed by atoms with Crippen LogP contribution in [-0.4, -0.2) is 6.04 Å². The molecule has 0 aromatic carbocycles. The molecule has 1 aromatic heterocycles. The molecule has 0 amide bonds. The highest BCUT2D eigenvalue weighted by Crippen LogP contribution is 2.35. The molecular weight excluding hydrogens is 214 g/mol. The molecule has 1 N–H and O–H groups in total. The van der Waals surface area contributed by atoms with Crippen molar-refractivity contribution in [2.75, 3.05) is 0 Å². The number of rotatable bonds is 4. The smallest absolute Gasteiger partial charge is 0.0216 e. The molecule has 1 aliphatic rings. The van der Waals surface area contributed by atoms with Crippen LogP contribution < -0.4 is 5.32 Å². The van der Waals surface area contributed by atoms with Gasteiger partial charge in [0.25, 0.3) is 0 Å². The van der Waals surface area contributed by atoms with E-state index in [1.54, 1.807) is 4.88 Å². The third kappa shape index (κ3) is 3.33. The maximum Gasteiger partial charge on any atom is 0.0216 e. The van der Waals surface area contributed by atoms with Gasteiger partial charge in [-0.2, -0.15) is 0 Å². The summed E-state index contributed by atoms with van der Waals surface area (Å²) < 4.78 is 0. The lowest BCUT2D eigenvalue weighted by Gasteiger charge is -2.19. The van der Waals surface area contributed by atoms with E-state index in [2.05, 4.69) is 30.6 Å². The fourth-order valence-corrected chi connectivity index (χ4v) is 3.50. The fourth-order valence-electron chi connectivity index (χ4n) is 2.41. The van der Waals surface area contributed by atoms with Crippen molar-refractivity contribution in [2.24, 2.45) is 0 Å².